The SMILES string of the molecule is Cc1cccc(C)c1NC(=O)CNC(=O)/C=C/c1ccccc1OC(F)F. The number of aryl methyl sites for hydroxylation is 2. The molecule has 0 aliphatic heterocycles. The lowest BCUT2D eigenvalue weighted by molar-refractivity contribution is -0.121. The number of carbonyl (C=O) groups is 2. The lowest BCUT2D eigenvalue weighted by Gasteiger charge is -2.11. The van der Waals surface area contributed by atoms with Crippen molar-refractivity contribution in [2.24, 2.45) is 0 Å². The number of carbonyl (C=O) groups excluding carboxylic acids is 2. The number of nitrogens with one attached hydrogen (secondary N) is 2. The Balaban J connectivity index is 1.91. The van der Waals surface area contributed by atoms with Gasteiger partial charge in [0.05, 0.1) is 6.54 Å². The Morgan fingerprint density at radius 2 is 1.74 bits per heavy atom. The van der Waals surface area contributed by atoms with E-state index in [1.54, 1.807) is 12.1 Å². The standard InChI is InChI=1S/C20H20F2N2O3/c1-13-6-5-7-14(2)19(13)24-18(26)12-23-17(25)11-10-15-8-3-4-9-16(15)27-20(21)22/h3-11,20H,12H2,1-2H3,(H,23,25)(H,24,26)/b11-10+. The predicted molar refractivity (Wildman–Crippen MR) is 99.7 cm³/mol. The normalized spacial score (nSPS) is 10.9. The summed E-state index contributed by atoms with van der Waals surface area (Å²) < 4.78 is 29.1. The number of alkyl halides is 2. The molecule has 0 saturated carbocycles. The predicted octanol–water partition coefficient (Wildman–Crippen LogP) is 3.67. The second-order valence-corrected chi connectivity index (χ2v) is 5.78. The first kappa shape index (κ1) is 20.1. The maximum Gasteiger partial charge on any atom is 0.387 e. The molecule has 0 aliphatic rings. The van der Waals surface area contributed by atoms with Crippen LogP contribution < -0.4 is 15.4 Å². The van der Waals surface area contributed by atoms with Crippen molar-refractivity contribution < 1.29 is 23.1 Å². The third kappa shape index (κ3) is 6.22. The molecule has 2 N–H and O–H groups in total. The van der Waals surface area contributed by atoms with E-state index in [1.807, 2.05) is 32.0 Å². The molecule has 0 fully saturated rings. The van der Waals surface area contributed by atoms with Crippen LogP contribution in [0.5, 0.6) is 5.75 Å². The van der Waals surface area contributed by atoms with Crippen molar-refractivity contribution >= 4 is 23.6 Å². The third-order valence-electron chi connectivity index (χ3n) is 3.72. The molecule has 0 spiro atoms. The quantitative estimate of drug-likeness (QED) is 0.727. The molecule has 2 aromatic rings. The van der Waals surface area contributed by atoms with E-state index in [2.05, 4.69) is 15.4 Å². The fourth-order valence-corrected chi connectivity index (χ4v) is 2.41. The van der Waals surface area contributed by atoms with Gasteiger partial charge in [-0.15, -0.1) is 0 Å². The van der Waals surface area contributed by atoms with Gasteiger partial charge in [-0.1, -0.05) is 36.4 Å². The molecule has 0 unspecified atom stereocenters. The average molecular weight is 374 g/mol. The van der Waals surface area contributed by atoms with E-state index in [9.17, 15) is 18.4 Å². The van der Waals surface area contributed by atoms with Crippen LogP contribution in [0.3, 0.4) is 0 Å². The molecule has 0 aromatic heterocycles. The largest absolute Gasteiger partial charge is 0.434 e. The summed E-state index contributed by atoms with van der Waals surface area (Å²) in [6, 6.07) is 11.7. The zero-order valence-corrected chi connectivity index (χ0v) is 15.0. The van der Waals surface area contributed by atoms with Gasteiger partial charge in [-0.25, -0.2) is 0 Å². The fourth-order valence-electron chi connectivity index (χ4n) is 2.41. The molecule has 27 heavy (non-hydrogen) atoms. The molecule has 5 nitrogen and oxygen atoms in total. The van der Waals surface area contributed by atoms with E-state index >= 15 is 0 Å². The number of hydrogen-bond donors (Lipinski definition) is 2. The summed E-state index contributed by atoms with van der Waals surface area (Å²) in [6.07, 6.45) is 2.50. The van der Waals surface area contributed by atoms with Crippen molar-refractivity contribution in [3.05, 3.63) is 65.2 Å². The van der Waals surface area contributed by atoms with Gasteiger partial charge >= 0.3 is 6.61 Å². The van der Waals surface area contributed by atoms with Gasteiger partial charge in [-0.2, -0.15) is 8.78 Å². The number of ether oxygens (including phenoxy) is 1. The molecule has 7 heteroatoms. The van der Waals surface area contributed by atoms with Crippen LogP contribution in [0.4, 0.5) is 14.5 Å². The second-order valence-electron chi connectivity index (χ2n) is 5.78. The fraction of sp³-hybridized carbons (Fsp3) is 0.200. The van der Waals surface area contributed by atoms with Crippen molar-refractivity contribution in [2.45, 2.75) is 20.5 Å². The first-order chi connectivity index (χ1) is 12.9. The summed E-state index contributed by atoms with van der Waals surface area (Å²) >= 11 is 0. The van der Waals surface area contributed by atoms with Crippen molar-refractivity contribution in [1.82, 2.24) is 5.32 Å². The molecule has 0 bridgehead atoms. The molecule has 2 aromatic carbocycles. The lowest BCUT2D eigenvalue weighted by atomic mass is 10.1. The van der Waals surface area contributed by atoms with Gasteiger partial charge in [0.1, 0.15) is 5.75 Å². The average Bonchev–Trinajstić information content (AvgIpc) is 2.62. The Morgan fingerprint density at radius 1 is 1.07 bits per heavy atom. The molecule has 0 radical (unpaired) electrons. The van der Waals surface area contributed by atoms with Crippen LogP contribution >= 0.6 is 0 Å². The number of halogens is 2. The van der Waals surface area contributed by atoms with Crippen molar-refractivity contribution in [3.63, 3.8) is 0 Å². The maximum atomic E-state index is 12.4. The van der Waals surface area contributed by atoms with Gasteiger partial charge in [-0.05, 0) is 37.1 Å². The number of rotatable bonds is 7. The number of para-hydroxylation sites is 2. The summed E-state index contributed by atoms with van der Waals surface area (Å²) in [7, 11) is 0. The van der Waals surface area contributed by atoms with Crippen molar-refractivity contribution in [2.75, 3.05) is 11.9 Å². The molecule has 0 atom stereocenters. The van der Waals surface area contributed by atoms with Crippen LogP contribution in [0, 0.1) is 13.8 Å². The summed E-state index contributed by atoms with van der Waals surface area (Å²) in [5, 5.41) is 5.20. The molecule has 0 aliphatic carbocycles. The Labute approximate surface area is 156 Å². The van der Waals surface area contributed by atoms with E-state index in [0.717, 1.165) is 17.2 Å². The Hall–Kier alpha value is -3.22. The van der Waals surface area contributed by atoms with Gasteiger partial charge in [0, 0.05) is 17.3 Å². The Morgan fingerprint density at radius 3 is 2.41 bits per heavy atom. The van der Waals surface area contributed by atoms with Crippen molar-refractivity contribution in [3.8, 4) is 5.75 Å². The van der Waals surface area contributed by atoms with E-state index in [4.69, 9.17) is 0 Å². The Kier molecular flexibility index (Phi) is 7.05. The summed E-state index contributed by atoms with van der Waals surface area (Å²) in [5.41, 5.74) is 2.88. The first-order valence-electron chi connectivity index (χ1n) is 8.22. The maximum absolute atomic E-state index is 12.4. The van der Waals surface area contributed by atoms with Crippen LogP contribution in [0.1, 0.15) is 16.7 Å². The Bertz CT molecular complexity index is 831. The highest BCUT2D eigenvalue weighted by Gasteiger charge is 2.09. The molecule has 0 saturated heterocycles. The highest BCUT2D eigenvalue weighted by molar-refractivity contribution is 5.98. The highest BCUT2D eigenvalue weighted by Crippen LogP contribution is 2.21. The van der Waals surface area contributed by atoms with Crippen LogP contribution in [0.15, 0.2) is 48.5 Å². The molecule has 2 rings (SSSR count). The van der Waals surface area contributed by atoms with Gasteiger partial charge in [0.25, 0.3) is 0 Å². The van der Waals surface area contributed by atoms with Crippen LogP contribution in [0.2, 0.25) is 0 Å². The number of amides is 2. The zero-order valence-electron chi connectivity index (χ0n) is 15.0. The molecule has 142 valence electrons. The zero-order chi connectivity index (χ0) is 19.8. The van der Waals surface area contributed by atoms with Crippen LogP contribution in [-0.4, -0.2) is 25.0 Å². The van der Waals surface area contributed by atoms with E-state index in [1.165, 1.54) is 18.2 Å². The van der Waals surface area contributed by atoms with E-state index in [-0.39, 0.29) is 18.2 Å². The highest BCUT2D eigenvalue weighted by atomic mass is 19.3. The minimum atomic E-state index is -2.96. The van der Waals surface area contributed by atoms with Gasteiger partial charge < -0.3 is 15.4 Å². The molecule has 2 amide bonds. The minimum Gasteiger partial charge on any atom is -0.434 e. The summed E-state index contributed by atoms with van der Waals surface area (Å²) in [4.78, 5) is 23.9. The minimum absolute atomic E-state index is 0.0377. The topological polar surface area (TPSA) is 67.4 Å². The van der Waals surface area contributed by atoms with Crippen molar-refractivity contribution in [1.29, 1.82) is 0 Å². The lowest BCUT2D eigenvalue weighted by Crippen LogP contribution is -2.32. The molecular weight excluding hydrogens is 354 g/mol. The van der Waals surface area contributed by atoms with E-state index < -0.39 is 12.5 Å². The van der Waals surface area contributed by atoms with Gasteiger partial charge in [0.15, 0.2) is 0 Å². The first-order valence-corrected chi connectivity index (χ1v) is 8.22. The van der Waals surface area contributed by atoms with Gasteiger partial charge in [-0.3, -0.25) is 9.59 Å². The monoisotopic (exact) mass is 374 g/mol. The smallest absolute Gasteiger partial charge is 0.387 e. The van der Waals surface area contributed by atoms with Gasteiger partial charge in [0.2, 0.25) is 11.8 Å². The second kappa shape index (κ2) is 9.47. The summed E-state index contributed by atoms with van der Waals surface area (Å²) in [5.74, 6) is -0.932. The van der Waals surface area contributed by atoms with Crippen LogP contribution in [-0.2, 0) is 9.59 Å². The molecular formula is C20H20F2N2O3. The molecule has 0 heterocycles. The van der Waals surface area contributed by atoms with Crippen LogP contribution in [0.25, 0.3) is 6.08 Å². The third-order valence-corrected chi connectivity index (χ3v) is 3.72. The number of anilines is 1. The van der Waals surface area contributed by atoms with E-state index in [0.29, 0.717) is 11.3 Å². The number of hydrogen-bond acceptors (Lipinski definition) is 3. The number of benzene rings is 2. The summed E-state index contributed by atoms with van der Waals surface area (Å²) in [6.45, 7) is 0.583.